The van der Waals surface area contributed by atoms with Crippen LogP contribution in [0.5, 0.6) is 0 Å². The highest BCUT2D eigenvalue weighted by molar-refractivity contribution is 7.45. The maximum Gasteiger partial charge on any atom is 0.306 e. The quantitative estimate of drug-likeness (QED) is 0.0199. The zero-order chi connectivity index (χ0) is 44.6. The molecule has 11 nitrogen and oxygen atoms in total. The Morgan fingerprint density at radius 3 is 1.57 bits per heavy atom. The van der Waals surface area contributed by atoms with Gasteiger partial charge in [0.1, 0.15) is 19.8 Å². The van der Waals surface area contributed by atoms with Crippen LogP contribution in [0.25, 0.3) is 0 Å². The Balaban J connectivity index is 4.54. The number of likely N-dealkylation sites (N-methyl/N-ethyl adjacent to an activating group) is 1. The molecule has 2 N–H and O–H groups in total. The average molecular weight is 870 g/mol. The van der Waals surface area contributed by atoms with Gasteiger partial charge in [-0.25, -0.2) is 0 Å². The van der Waals surface area contributed by atoms with Crippen LogP contribution in [-0.2, 0) is 32.7 Å². The Labute approximate surface area is 366 Å². The minimum absolute atomic E-state index is 0.0389. The van der Waals surface area contributed by atoms with Crippen LogP contribution in [0.4, 0.5) is 0 Å². The number of aliphatic hydroxyl groups excluding tert-OH is 2. The van der Waals surface area contributed by atoms with E-state index in [2.05, 4.69) is 50.3 Å². The van der Waals surface area contributed by atoms with Gasteiger partial charge in [0, 0.05) is 12.8 Å². The molecule has 0 aromatic heterocycles. The molecule has 0 heterocycles. The molecule has 0 aliphatic carbocycles. The number of unbranched alkanes of at least 4 members (excludes halogenated alkanes) is 16. The standard InChI is InChI=1S/C48H88NO10P/c1-6-8-10-12-14-16-18-20-21-22-23-24-26-28-30-32-34-38-48(53)59-44(43-58-60(54,55)57-41-40-49(3,4)5)42-56-47(52)39-35-37-46(51)45(50)36-33-31-29-27-25-19-17-15-13-11-9-7-2/h9,11,15,17,25,27,31,33,44-46,50-51H,6-8,10,12-14,16,18-24,26,28-30,32,34-43H2,1-5H3/b11-9-,17-15-,27-25-,33-31-/t44-,45+,46+/m1/s1. The van der Waals surface area contributed by atoms with Gasteiger partial charge in [0.25, 0.3) is 7.82 Å². The zero-order valence-corrected chi connectivity index (χ0v) is 39.5. The maximum atomic E-state index is 12.7. The number of ether oxygens (including phenoxy) is 2. The second kappa shape index (κ2) is 39.7. The third-order valence-electron chi connectivity index (χ3n) is 10.1. The van der Waals surface area contributed by atoms with Crippen molar-refractivity contribution in [2.45, 2.75) is 199 Å². The fourth-order valence-electron chi connectivity index (χ4n) is 6.27. The average Bonchev–Trinajstić information content (AvgIpc) is 3.19. The lowest BCUT2D eigenvalue weighted by molar-refractivity contribution is -0.870. The van der Waals surface area contributed by atoms with E-state index in [4.69, 9.17) is 18.5 Å². The van der Waals surface area contributed by atoms with Crippen LogP contribution in [0.3, 0.4) is 0 Å². The number of carbonyl (C=O) groups excluding carboxylic acids is 2. The maximum absolute atomic E-state index is 12.7. The number of phosphoric ester groups is 1. The summed E-state index contributed by atoms with van der Waals surface area (Å²) >= 11 is 0. The fraction of sp³-hybridized carbons (Fsp3) is 0.792. The molecule has 0 fully saturated rings. The van der Waals surface area contributed by atoms with E-state index in [1.54, 1.807) is 0 Å². The van der Waals surface area contributed by atoms with Crippen molar-refractivity contribution in [3.63, 3.8) is 0 Å². The van der Waals surface area contributed by atoms with Gasteiger partial charge in [-0.15, -0.1) is 0 Å². The Morgan fingerprint density at radius 1 is 0.600 bits per heavy atom. The van der Waals surface area contributed by atoms with Gasteiger partial charge < -0.3 is 38.1 Å². The van der Waals surface area contributed by atoms with Crippen molar-refractivity contribution in [1.82, 2.24) is 0 Å². The van der Waals surface area contributed by atoms with Crippen molar-refractivity contribution in [2.75, 3.05) is 47.5 Å². The molecule has 0 aromatic rings. The summed E-state index contributed by atoms with van der Waals surface area (Å²) in [5.41, 5.74) is 0. The van der Waals surface area contributed by atoms with E-state index >= 15 is 0 Å². The van der Waals surface area contributed by atoms with E-state index in [0.717, 1.165) is 44.9 Å². The molecule has 60 heavy (non-hydrogen) atoms. The lowest BCUT2D eigenvalue weighted by Gasteiger charge is -2.28. The van der Waals surface area contributed by atoms with Crippen molar-refractivity contribution in [3.05, 3.63) is 48.6 Å². The highest BCUT2D eigenvalue weighted by Gasteiger charge is 2.22. The SMILES string of the molecule is CC/C=C\C/C=C\C/C=C\C/C=C\C[C@H](O)[C@@H](O)CCCC(=O)OC[C@H](COP(=O)([O-])OCC[N+](C)(C)C)OC(=O)CCCCCCCCCCCCCCCCCCC. The predicted octanol–water partition coefficient (Wildman–Crippen LogP) is 10.8. The van der Waals surface area contributed by atoms with Crippen molar-refractivity contribution in [3.8, 4) is 0 Å². The number of hydrogen-bond donors (Lipinski definition) is 2. The molecule has 350 valence electrons. The van der Waals surface area contributed by atoms with E-state index in [0.29, 0.717) is 17.4 Å². The molecule has 0 saturated carbocycles. The number of rotatable bonds is 42. The summed E-state index contributed by atoms with van der Waals surface area (Å²) < 4.78 is 33.7. The molecule has 0 bridgehead atoms. The lowest BCUT2D eigenvalue weighted by atomic mass is 10.0. The van der Waals surface area contributed by atoms with Gasteiger partial charge in [0.15, 0.2) is 6.10 Å². The lowest BCUT2D eigenvalue weighted by Crippen LogP contribution is -2.37. The third-order valence-corrected chi connectivity index (χ3v) is 11.0. The van der Waals surface area contributed by atoms with E-state index < -0.39 is 44.7 Å². The fourth-order valence-corrected chi connectivity index (χ4v) is 7.00. The first-order valence-electron chi connectivity index (χ1n) is 23.5. The van der Waals surface area contributed by atoms with Gasteiger partial charge in [-0.05, 0) is 51.4 Å². The number of carbonyl (C=O) groups is 2. The van der Waals surface area contributed by atoms with Crippen molar-refractivity contribution in [2.24, 2.45) is 0 Å². The molecule has 0 amide bonds. The van der Waals surface area contributed by atoms with Gasteiger partial charge in [-0.3, -0.25) is 14.2 Å². The van der Waals surface area contributed by atoms with Crippen LogP contribution in [0.15, 0.2) is 48.6 Å². The molecular formula is C48H88NO10P. The molecule has 0 aliphatic heterocycles. The summed E-state index contributed by atoms with van der Waals surface area (Å²) in [4.78, 5) is 37.7. The Morgan fingerprint density at radius 2 is 1.07 bits per heavy atom. The predicted molar refractivity (Wildman–Crippen MR) is 243 cm³/mol. The first-order chi connectivity index (χ1) is 28.8. The topological polar surface area (TPSA) is 152 Å². The molecule has 0 saturated heterocycles. The van der Waals surface area contributed by atoms with Crippen molar-refractivity contribution in [1.29, 1.82) is 0 Å². The summed E-state index contributed by atoms with van der Waals surface area (Å²) in [7, 11) is 1.01. The van der Waals surface area contributed by atoms with Crippen LogP contribution < -0.4 is 4.89 Å². The van der Waals surface area contributed by atoms with Gasteiger partial charge >= 0.3 is 11.9 Å². The smallest absolute Gasteiger partial charge is 0.306 e. The summed E-state index contributed by atoms with van der Waals surface area (Å²) in [6, 6.07) is 0. The molecular weight excluding hydrogens is 781 g/mol. The Bertz CT molecular complexity index is 1200. The summed E-state index contributed by atoms with van der Waals surface area (Å²) in [6.07, 6.45) is 38.8. The van der Waals surface area contributed by atoms with Crippen LogP contribution in [-0.4, -0.2) is 92.5 Å². The van der Waals surface area contributed by atoms with E-state index in [1.807, 2.05) is 33.3 Å². The third kappa shape index (κ3) is 41.3. The minimum Gasteiger partial charge on any atom is -0.756 e. The molecule has 4 atom stereocenters. The second-order valence-electron chi connectivity index (χ2n) is 17.1. The summed E-state index contributed by atoms with van der Waals surface area (Å²) in [5, 5.41) is 20.7. The summed E-state index contributed by atoms with van der Waals surface area (Å²) in [5.74, 6) is -1.12. The van der Waals surface area contributed by atoms with E-state index in [9.17, 15) is 29.3 Å². The molecule has 0 spiro atoms. The first kappa shape index (κ1) is 57.9. The monoisotopic (exact) mass is 870 g/mol. The number of aliphatic hydroxyl groups is 2. The van der Waals surface area contributed by atoms with E-state index in [1.165, 1.54) is 83.5 Å². The van der Waals surface area contributed by atoms with Crippen molar-refractivity contribution < 1.29 is 52.3 Å². The minimum atomic E-state index is -4.70. The van der Waals surface area contributed by atoms with E-state index in [-0.39, 0.29) is 45.3 Å². The number of hydrogen-bond acceptors (Lipinski definition) is 10. The first-order valence-corrected chi connectivity index (χ1v) is 25.0. The van der Waals surface area contributed by atoms with Gasteiger partial charge in [-0.2, -0.15) is 0 Å². The van der Waals surface area contributed by atoms with Gasteiger partial charge in [-0.1, -0.05) is 165 Å². The number of phosphoric acid groups is 1. The number of nitrogens with zero attached hydrogens (tertiary/aromatic N) is 1. The molecule has 0 rings (SSSR count). The Kier molecular flexibility index (Phi) is 38.3. The van der Waals surface area contributed by atoms with Crippen LogP contribution in [0, 0.1) is 0 Å². The van der Waals surface area contributed by atoms with Gasteiger partial charge in [0.05, 0.1) is 40.0 Å². The normalized spacial score (nSPS) is 15.0. The van der Waals surface area contributed by atoms with Crippen LogP contribution in [0.2, 0.25) is 0 Å². The molecule has 0 aliphatic rings. The highest BCUT2D eigenvalue weighted by atomic mass is 31.2. The zero-order valence-electron chi connectivity index (χ0n) is 38.6. The van der Waals surface area contributed by atoms with Crippen LogP contribution >= 0.6 is 7.82 Å². The highest BCUT2D eigenvalue weighted by Crippen LogP contribution is 2.38. The molecule has 12 heteroatoms. The molecule has 0 aromatic carbocycles. The summed E-state index contributed by atoms with van der Waals surface area (Å²) in [6.45, 7) is 3.79. The molecule has 1 unspecified atom stereocenters. The van der Waals surface area contributed by atoms with Crippen LogP contribution in [0.1, 0.15) is 181 Å². The second-order valence-corrected chi connectivity index (χ2v) is 18.5. The Hall–Kier alpha value is -2.11. The number of quaternary nitrogens is 1. The largest absolute Gasteiger partial charge is 0.756 e. The van der Waals surface area contributed by atoms with Gasteiger partial charge in [0.2, 0.25) is 0 Å². The number of esters is 2. The number of allylic oxidation sites excluding steroid dienone is 7. The van der Waals surface area contributed by atoms with Crippen molar-refractivity contribution >= 4 is 19.8 Å². The molecule has 0 radical (unpaired) electrons.